The molecule has 5 rings (SSSR count). The Morgan fingerprint density at radius 2 is 2.00 bits per heavy atom. The Kier molecular flexibility index (Phi) is 3.01. The molecule has 4 heterocycles. The SMILES string of the molecule is O=C1CCC(N2Cc3c(ccc4c3OC3(CC4)CNC3)C2=O)C(=O)N1. The molecule has 0 radical (unpaired) electrons. The molecule has 0 aliphatic carbocycles. The molecule has 0 aromatic heterocycles. The summed E-state index contributed by atoms with van der Waals surface area (Å²) in [6.07, 6.45) is 2.56. The maximum absolute atomic E-state index is 12.8. The van der Waals surface area contributed by atoms with Crippen molar-refractivity contribution in [3.8, 4) is 5.75 Å². The first-order valence-electron chi connectivity index (χ1n) is 8.75. The number of benzene rings is 1. The van der Waals surface area contributed by atoms with Crippen molar-refractivity contribution in [3.63, 3.8) is 0 Å². The van der Waals surface area contributed by atoms with E-state index in [0.29, 0.717) is 18.5 Å². The van der Waals surface area contributed by atoms with E-state index in [1.165, 1.54) is 0 Å². The highest BCUT2D eigenvalue weighted by Gasteiger charge is 2.46. The summed E-state index contributed by atoms with van der Waals surface area (Å²) in [5.74, 6) is 0.0213. The van der Waals surface area contributed by atoms with Crippen LogP contribution in [0.1, 0.15) is 40.7 Å². The third-order valence-corrected chi connectivity index (χ3v) is 5.81. The summed E-state index contributed by atoms with van der Waals surface area (Å²) in [6.45, 7) is 2.04. The molecule has 4 aliphatic heterocycles. The van der Waals surface area contributed by atoms with E-state index in [0.717, 1.165) is 42.8 Å². The van der Waals surface area contributed by atoms with Gasteiger partial charge < -0.3 is 15.0 Å². The molecule has 1 spiro atoms. The Labute approximate surface area is 144 Å². The summed E-state index contributed by atoms with van der Waals surface area (Å²) in [5, 5.41) is 5.60. The van der Waals surface area contributed by atoms with Gasteiger partial charge in [-0.3, -0.25) is 19.7 Å². The van der Waals surface area contributed by atoms with Crippen LogP contribution in [0.3, 0.4) is 0 Å². The molecular weight excluding hydrogens is 322 g/mol. The summed E-state index contributed by atoms with van der Waals surface area (Å²) in [4.78, 5) is 38.0. The number of carbonyl (C=O) groups is 3. The molecule has 2 N–H and O–H groups in total. The number of rotatable bonds is 1. The van der Waals surface area contributed by atoms with Gasteiger partial charge in [-0.25, -0.2) is 0 Å². The first kappa shape index (κ1) is 14.9. The van der Waals surface area contributed by atoms with Gasteiger partial charge in [0.05, 0.1) is 6.54 Å². The highest BCUT2D eigenvalue weighted by molar-refractivity contribution is 6.05. The topological polar surface area (TPSA) is 87.7 Å². The molecule has 7 nitrogen and oxygen atoms in total. The van der Waals surface area contributed by atoms with Crippen molar-refractivity contribution in [2.45, 2.75) is 43.9 Å². The predicted octanol–water partition coefficient (Wildman–Crippen LogP) is 0.115. The summed E-state index contributed by atoms with van der Waals surface area (Å²) in [6, 6.07) is 3.23. The van der Waals surface area contributed by atoms with Crippen molar-refractivity contribution < 1.29 is 19.1 Å². The van der Waals surface area contributed by atoms with E-state index in [4.69, 9.17) is 4.74 Å². The normalized spacial score (nSPS) is 26.6. The number of carbonyl (C=O) groups excluding carboxylic acids is 3. The van der Waals surface area contributed by atoms with E-state index in [1.54, 1.807) is 4.90 Å². The lowest BCUT2D eigenvalue weighted by Crippen LogP contribution is -2.64. The number of nitrogens with one attached hydrogen (secondary N) is 2. The fourth-order valence-electron chi connectivity index (χ4n) is 4.27. The molecule has 1 unspecified atom stereocenters. The lowest BCUT2D eigenvalue weighted by atomic mass is 9.85. The zero-order valence-electron chi connectivity index (χ0n) is 13.8. The fourth-order valence-corrected chi connectivity index (χ4v) is 4.27. The van der Waals surface area contributed by atoms with Gasteiger partial charge in [-0.15, -0.1) is 0 Å². The fraction of sp³-hybridized carbons (Fsp3) is 0.500. The van der Waals surface area contributed by atoms with Gasteiger partial charge in [0.2, 0.25) is 11.8 Å². The van der Waals surface area contributed by atoms with Crippen LogP contribution in [0.15, 0.2) is 12.1 Å². The Balaban J connectivity index is 1.48. The monoisotopic (exact) mass is 341 g/mol. The van der Waals surface area contributed by atoms with E-state index in [2.05, 4.69) is 10.6 Å². The van der Waals surface area contributed by atoms with Crippen molar-refractivity contribution in [3.05, 3.63) is 28.8 Å². The zero-order chi connectivity index (χ0) is 17.2. The van der Waals surface area contributed by atoms with Crippen molar-refractivity contribution >= 4 is 17.7 Å². The number of aryl methyl sites for hydroxylation is 1. The highest BCUT2D eigenvalue weighted by Crippen LogP contribution is 2.42. The molecular formula is C18H19N3O4. The molecule has 1 atom stereocenters. The molecule has 2 saturated heterocycles. The van der Waals surface area contributed by atoms with Gasteiger partial charge in [0.1, 0.15) is 17.4 Å². The molecule has 130 valence electrons. The smallest absolute Gasteiger partial charge is 0.255 e. The van der Waals surface area contributed by atoms with Crippen LogP contribution >= 0.6 is 0 Å². The molecule has 3 amide bonds. The van der Waals surface area contributed by atoms with Crippen LogP contribution in [0.4, 0.5) is 0 Å². The zero-order valence-corrected chi connectivity index (χ0v) is 13.8. The summed E-state index contributed by atoms with van der Waals surface area (Å²) in [5.41, 5.74) is 2.49. The van der Waals surface area contributed by atoms with E-state index in [1.807, 2.05) is 12.1 Å². The van der Waals surface area contributed by atoms with Crippen LogP contribution in [0.2, 0.25) is 0 Å². The molecule has 7 heteroatoms. The molecule has 1 aromatic rings. The molecule has 2 fully saturated rings. The molecule has 4 aliphatic rings. The second kappa shape index (κ2) is 5.05. The number of fused-ring (bicyclic) bond motifs is 3. The maximum atomic E-state index is 12.8. The average molecular weight is 341 g/mol. The van der Waals surface area contributed by atoms with Crippen LogP contribution in [-0.4, -0.2) is 47.4 Å². The van der Waals surface area contributed by atoms with Crippen molar-refractivity contribution in [2.75, 3.05) is 13.1 Å². The Bertz CT molecular complexity index is 815. The van der Waals surface area contributed by atoms with E-state index in [9.17, 15) is 14.4 Å². The third-order valence-electron chi connectivity index (χ3n) is 5.81. The number of amides is 3. The van der Waals surface area contributed by atoms with Crippen LogP contribution < -0.4 is 15.4 Å². The molecule has 0 saturated carbocycles. The standard InChI is InChI=1S/C18H19N3O4/c22-14-4-3-13(16(23)20-14)21-7-12-11(17(21)24)2-1-10-5-6-18(8-19-9-18)25-15(10)12/h1-2,13,19H,3-9H2,(H,20,22,23). The number of ether oxygens (including phenoxy) is 1. The number of piperidine rings is 1. The summed E-state index contributed by atoms with van der Waals surface area (Å²) < 4.78 is 6.33. The average Bonchev–Trinajstić information content (AvgIpc) is 2.90. The van der Waals surface area contributed by atoms with Crippen LogP contribution in [0, 0.1) is 0 Å². The first-order valence-corrected chi connectivity index (χ1v) is 8.75. The van der Waals surface area contributed by atoms with E-state index >= 15 is 0 Å². The highest BCUT2D eigenvalue weighted by atomic mass is 16.5. The largest absolute Gasteiger partial charge is 0.484 e. The number of hydrogen-bond acceptors (Lipinski definition) is 5. The number of imide groups is 1. The molecule has 0 bridgehead atoms. The third kappa shape index (κ3) is 2.12. The van der Waals surface area contributed by atoms with Gasteiger partial charge in [-0.2, -0.15) is 0 Å². The van der Waals surface area contributed by atoms with Crippen LogP contribution in [-0.2, 0) is 22.6 Å². The van der Waals surface area contributed by atoms with Gasteiger partial charge in [0.25, 0.3) is 5.91 Å². The lowest BCUT2D eigenvalue weighted by molar-refractivity contribution is -0.136. The Hall–Kier alpha value is -2.41. The van der Waals surface area contributed by atoms with Gasteiger partial charge in [0.15, 0.2) is 0 Å². The molecule has 25 heavy (non-hydrogen) atoms. The minimum absolute atomic E-state index is 0.146. The van der Waals surface area contributed by atoms with Gasteiger partial charge in [-0.1, -0.05) is 6.07 Å². The Morgan fingerprint density at radius 3 is 2.72 bits per heavy atom. The van der Waals surface area contributed by atoms with Crippen molar-refractivity contribution in [2.24, 2.45) is 0 Å². The van der Waals surface area contributed by atoms with Crippen LogP contribution in [0.25, 0.3) is 0 Å². The second-order valence-corrected chi connectivity index (χ2v) is 7.37. The second-order valence-electron chi connectivity index (χ2n) is 7.37. The van der Waals surface area contributed by atoms with E-state index < -0.39 is 6.04 Å². The van der Waals surface area contributed by atoms with Crippen molar-refractivity contribution in [1.29, 1.82) is 0 Å². The van der Waals surface area contributed by atoms with Gasteiger partial charge in [-0.05, 0) is 30.9 Å². The lowest BCUT2D eigenvalue weighted by Gasteiger charge is -2.46. The number of nitrogens with zero attached hydrogens (tertiary/aromatic N) is 1. The first-order chi connectivity index (χ1) is 12.1. The summed E-state index contributed by atoms with van der Waals surface area (Å²) >= 11 is 0. The van der Waals surface area contributed by atoms with Crippen molar-refractivity contribution in [1.82, 2.24) is 15.5 Å². The van der Waals surface area contributed by atoms with E-state index in [-0.39, 0.29) is 29.7 Å². The quantitative estimate of drug-likeness (QED) is 0.708. The predicted molar refractivity (Wildman–Crippen MR) is 87.0 cm³/mol. The minimum Gasteiger partial charge on any atom is -0.484 e. The van der Waals surface area contributed by atoms with Gasteiger partial charge >= 0.3 is 0 Å². The van der Waals surface area contributed by atoms with Crippen LogP contribution in [0.5, 0.6) is 5.75 Å². The summed E-state index contributed by atoms with van der Waals surface area (Å²) in [7, 11) is 0. The Morgan fingerprint density at radius 1 is 1.16 bits per heavy atom. The van der Waals surface area contributed by atoms with Gasteiger partial charge in [0, 0.05) is 30.6 Å². The minimum atomic E-state index is -0.587. The number of hydrogen-bond donors (Lipinski definition) is 2. The maximum Gasteiger partial charge on any atom is 0.255 e. The molecule has 1 aromatic carbocycles.